The van der Waals surface area contributed by atoms with Crippen molar-refractivity contribution >= 4 is 11.9 Å². The first-order valence-corrected chi connectivity index (χ1v) is 8.07. The van der Waals surface area contributed by atoms with E-state index in [1.807, 2.05) is 0 Å². The molecule has 0 saturated heterocycles. The summed E-state index contributed by atoms with van der Waals surface area (Å²) in [6.07, 6.45) is -0.687. The number of esters is 2. The first-order valence-electron chi connectivity index (χ1n) is 8.07. The van der Waals surface area contributed by atoms with E-state index in [4.69, 9.17) is 4.74 Å². The molecule has 1 heterocycles. The molecular formula is C19H19F2NO4. The molecule has 138 valence electrons. The molecule has 26 heavy (non-hydrogen) atoms. The van der Waals surface area contributed by atoms with Crippen LogP contribution in [0.3, 0.4) is 0 Å². The molecule has 0 unspecified atom stereocenters. The molecule has 0 N–H and O–H groups in total. The van der Waals surface area contributed by atoms with Gasteiger partial charge in [0.1, 0.15) is 6.10 Å². The third-order valence-corrected chi connectivity index (χ3v) is 3.54. The minimum absolute atomic E-state index is 0.165. The number of carbonyl (C=O) groups is 2. The number of aromatic nitrogens is 1. The highest BCUT2D eigenvalue weighted by atomic mass is 19.3. The molecule has 7 heteroatoms. The molecule has 0 saturated carbocycles. The lowest BCUT2D eigenvalue weighted by Gasteiger charge is -2.22. The summed E-state index contributed by atoms with van der Waals surface area (Å²) in [5, 5.41) is 0. The highest BCUT2D eigenvalue weighted by Crippen LogP contribution is 2.33. The van der Waals surface area contributed by atoms with Crippen molar-refractivity contribution in [3.8, 4) is 11.3 Å². The Balaban J connectivity index is 2.32. The first kappa shape index (κ1) is 19.5. The lowest BCUT2D eigenvalue weighted by atomic mass is 9.99. The quantitative estimate of drug-likeness (QED) is 0.697. The molecule has 5 nitrogen and oxygen atoms in total. The number of halogens is 2. The fourth-order valence-corrected chi connectivity index (χ4v) is 2.41. The van der Waals surface area contributed by atoms with Crippen LogP contribution in [-0.4, -0.2) is 29.5 Å². The van der Waals surface area contributed by atoms with Crippen molar-refractivity contribution in [2.45, 2.75) is 32.3 Å². The Kier molecular flexibility index (Phi) is 6.38. The van der Waals surface area contributed by atoms with Crippen molar-refractivity contribution in [3.05, 3.63) is 54.2 Å². The number of carbonyl (C=O) groups excluding carboxylic acids is 2. The zero-order valence-corrected chi connectivity index (χ0v) is 14.4. The fourth-order valence-electron chi connectivity index (χ4n) is 2.41. The van der Waals surface area contributed by atoms with E-state index in [1.54, 1.807) is 48.7 Å². The maximum atomic E-state index is 14.1. The molecule has 1 aromatic carbocycles. The van der Waals surface area contributed by atoms with E-state index in [9.17, 15) is 18.4 Å². The zero-order valence-electron chi connectivity index (χ0n) is 14.4. The van der Waals surface area contributed by atoms with Crippen molar-refractivity contribution < 1.29 is 27.8 Å². The monoisotopic (exact) mass is 363 g/mol. The summed E-state index contributed by atoms with van der Waals surface area (Å²) in [5.74, 6) is -6.15. The Bertz CT molecular complexity index is 765. The van der Waals surface area contributed by atoms with Gasteiger partial charge >= 0.3 is 17.9 Å². The molecule has 2 rings (SSSR count). The van der Waals surface area contributed by atoms with Crippen LogP contribution in [0.2, 0.25) is 0 Å². The summed E-state index contributed by atoms with van der Waals surface area (Å²) in [4.78, 5) is 27.1. The molecule has 1 aromatic heterocycles. The Morgan fingerprint density at radius 3 is 2.58 bits per heavy atom. The summed E-state index contributed by atoms with van der Waals surface area (Å²) >= 11 is 0. The summed E-state index contributed by atoms with van der Waals surface area (Å²) in [7, 11) is 0. The van der Waals surface area contributed by atoms with Crippen molar-refractivity contribution in [2.75, 3.05) is 6.61 Å². The van der Waals surface area contributed by atoms with E-state index in [1.165, 1.54) is 6.92 Å². The lowest BCUT2D eigenvalue weighted by Crippen LogP contribution is -2.33. The van der Waals surface area contributed by atoms with Crippen LogP contribution in [0.5, 0.6) is 0 Å². The van der Waals surface area contributed by atoms with Gasteiger partial charge in [0.05, 0.1) is 18.7 Å². The maximum Gasteiger partial charge on any atom is 0.377 e. The number of pyridine rings is 1. The van der Waals surface area contributed by atoms with Crippen LogP contribution in [0.15, 0.2) is 48.7 Å². The summed E-state index contributed by atoms with van der Waals surface area (Å²) < 4.78 is 37.7. The van der Waals surface area contributed by atoms with Crippen LogP contribution >= 0.6 is 0 Å². The molecular weight excluding hydrogens is 344 g/mol. The third-order valence-electron chi connectivity index (χ3n) is 3.54. The lowest BCUT2D eigenvalue weighted by molar-refractivity contribution is -0.179. The minimum Gasteiger partial charge on any atom is -0.462 e. The molecule has 0 bridgehead atoms. The third kappa shape index (κ3) is 5.08. The minimum atomic E-state index is -3.78. The van der Waals surface area contributed by atoms with Crippen LogP contribution < -0.4 is 0 Å². The second-order valence-corrected chi connectivity index (χ2v) is 5.57. The van der Waals surface area contributed by atoms with E-state index in [0.717, 1.165) is 6.92 Å². The van der Waals surface area contributed by atoms with Crippen LogP contribution in [-0.2, 0) is 19.1 Å². The van der Waals surface area contributed by atoms with Crippen molar-refractivity contribution in [3.63, 3.8) is 0 Å². The number of alkyl halides is 2. The molecule has 0 aliphatic carbocycles. The second-order valence-electron chi connectivity index (χ2n) is 5.57. The average molecular weight is 363 g/mol. The number of ether oxygens (including phenoxy) is 2. The Labute approximate surface area is 150 Å². The summed E-state index contributed by atoms with van der Waals surface area (Å²) in [6.45, 7) is 2.40. The van der Waals surface area contributed by atoms with Gasteiger partial charge in [-0.25, -0.2) is 4.79 Å². The molecule has 1 atom stereocenters. The molecule has 0 spiro atoms. The zero-order chi connectivity index (χ0) is 19.2. The van der Waals surface area contributed by atoms with Gasteiger partial charge in [0.2, 0.25) is 0 Å². The molecule has 2 aromatic rings. The van der Waals surface area contributed by atoms with Gasteiger partial charge in [-0.2, -0.15) is 8.78 Å². The van der Waals surface area contributed by atoms with Crippen molar-refractivity contribution in [2.24, 2.45) is 0 Å². The molecule has 0 aliphatic rings. The van der Waals surface area contributed by atoms with E-state index in [-0.39, 0.29) is 6.61 Å². The van der Waals surface area contributed by atoms with Gasteiger partial charge in [-0.15, -0.1) is 0 Å². The molecule has 0 radical (unpaired) electrons. The largest absolute Gasteiger partial charge is 0.462 e. The predicted octanol–water partition coefficient (Wildman–Crippen LogP) is 3.94. The normalized spacial score (nSPS) is 12.3. The standard InChI is InChI=1S/C19H19F2NO4/c1-3-25-18(24)19(20,21)12-17(26-13(2)23)15-8-6-7-14(11-15)16-9-4-5-10-22-16/h4-11,17H,3,12H2,1-2H3/t17-/m0/s1. The van der Waals surface area contributed by atoms with Gasteiger partial charge in [0, 0.05) is 18.7 Å². The summed E-state index contributed by atoms with van der Waals surface area (Å²) in [5.41, 5.74) is 1.67. The highest BCUT2D eigenvalue weighted by molar-refractivity contribution is 5.77. The van der Waals surface area contributed by atoms with Gasteiger partial charge < -0.3 is 9.47 Å². The summed E-state index contributed by atoms with van der Waals surface area (Å²) in [6, 6.07) is 11.9. The predicted molar refractivity (Wildman–Crippen MR) is 90.4 cm³/mol. The molecule has 0 amide bonds. The average Bonchev–Trinajstić information content (AvgIpc) is 2.61. The van der Waals surface area contributed by atoms with E-state index >= 15 is 0 Å². The van der Waals surface area contributed by atoms with Crippen LogP contribution in [0.4, 0.5) is 8.78 Å². The number of hydrogen-bond acceptors (Lipinski definition) is 5. The van der Waals surface area contributed by atoms with E-state index in [0.29, 0.717) is 16.8 Å². The maximum absolute atomic E-state index is 14.1. The first-order chi connectivity index (χ1) is 12.3. The smallest absolute Gasteiger partial charge is 0.377 e. The number of hydrogen-bond donors (Lipinski definition) is 0. The van der Waals surface area contributed by atoms with Crippen LogP contribution in [0.1, 0.15) is 31.9 Å². The number of benzene rings is 1. The molecule has 0 fully saturated rings. The Hall–Kier alpha value is -2.83. The second kappa shape index (κ2) is 8.51. The van der Waals surface area contributed by atoms with Gasteiger partial charge in [-0.1, -0.05) is 24.3 Å². The highest BCUT2D eigenvalue weighted by Gasteiger charge is 2.44. The Morgan fingerprint density at radius 1 is 1.19 bits per heavy atom. The van der Waals surface area contributed by atoms with Crippen molar-refractivity contribution in [1.29, 1.82) is 0 Å². The fraction of sp³-hybridized carbons (Fsp3) is 0.316. The van der Waals surface area contributed by atoms with Crippen LogP contribution in [0, 0.1) is 0 Å². The number of rotatable bonds is 7. The number of nitrogens with zero attached hydrogens (tertiary/aromatic N) is 1. The van der Waals surface area contributed by atoms with E-state index < -0.39 is 30.4 Å². The van der Waals surface area contributed by atoms with Crippen LogP contribution in [0.25, 0.3) is 11.3 Å². The SMILES string of the molecule is CCOC(=O)C(F)(F)C[C@H](OC(C)=O)c1cccc(-c2ccccn2)c1. The topological polar surface area (TPSA) is 65.5 Å². The Morgan fingerprint density at radius 2 is 1.96 bits per heavy atom. The van der Waals surface area contributed by atoms with Crippen molar-refractivity contribution in [1.82, 2.24) is 4.98 Å². The van der Waals surface area contributed by atoms with Gasteiger partial charge in [0.15, 0.2) is 0 Å². The molecule has 0 aliphatic heterocycles. The van der Waals surface area contributed by atoms with Gasteiger partial charge in [0.25, 0.3) is 0 Å². The van der Waals surface area contributed by atoms with Gasteiger partial charge in [-0.05, 0) is 30.7 Å². The van der Waals surface area contributed by atoms with E-state index in [2.05, 4.69) is 9.72 Å². The van der Waals surface area contributed by atoms with Gasteiger partial charge in [-0.3, -0.25) is 9.78 Å².